The minimum atomic E-state index is -4.22. The van der Waals surface area contributed by atoms with Gasteiger partial charge in [0.05, 0.1) is 21.8 Å². The van der Waals surface area contributed by atoms with Gasteiger partial charge in [0.15, 0.2) is 5.82 Å². The number of fused-ring (bicyclic) bond motifs is 1. The van der Waals surface area contributed by atoms with Crippen LogP contribution in [0.1, 0.15) is 21.7 Å². The van der Waals surface area contributed by atoms with Crippen molar-refractivity contribution in [3.8, 4) is 5.69 Å². The Balaban J connectivity index is 1.73. The second-order valence-corrected chi connectivity index (χ2v) is 8.49. The van der Waals surface area contributed by atoms with Crippen LogP contribution in [0.4, 0.5) is 8.78 Å². The molecule has 0 aliphatic carbocycles. The highest BCUT2D eigenvalue weighted by Crippen LogP contribution is 2.24. The SMILES string of the molecule is Cc1nn(-c2ccc(F)cc2F)c(C)c1C(=O)NS(=O)(=O)c1cccc2cnccc12. The number of pyridine rings is 1. The van der Waals surface area contributed by atoms with E-state index in [9.17, 15) is 22.0 Å². The summed E-state index contributed by atoms with van der Waals surface area (Å²) in [6.45, 7) is 2.99. The van der Waals surface area contributed by atoms with Gasteiger partial charge >= 0.3 is 0 Å². The molecule has 2 aromatic heterocycles. The zero-order valence-electron chi connectivity index (χ0n) is 16.4. The van der Waals surface area contributed by atoms with Crippen LogP contribution in [-0.2, 0) is 10.0 Å². The molecule has 0 spiro atoms. The molecule has 0 aliphatic heterocycles. The molecule has 0 aliphatic rings. The molecule has 0 bridgehead atoms. The predicted octanol–water partition coefficient (Wildman–Crippen LogP) is 3.43. The number of hydrogen-bond acceptors (Lipinski definition) is 5. The zero-order chi connectivity index (χ0) is 22.3. The third kappa shape index (κ3) is 3.66. The molecule has 2 heterocycles. The lowest BCUT2D eigenvalue weighted by molar-refractivity contribution is 0.0980. The molecule has 7 nitrogen and oxygen atoms in total. The van der Waals surface area contributed by atoms with Crippen LogP contribution in [0.2, 0.25) is 0 Å². The summed E-state index contributed by atoms with van der Waals surface area (Å²) in [4.78, 5) is 16.8. The molecular weight excluding hydrogens is 426 g/mol. The fourth-order valence-electron chi connectivity index (χ4n) is 3.41. The van der Waals surface area contributed by atoms with E-state index in [0.717, 1.165) is 10.7 Å². The van der Waals surface area contributed by atoms with Gasteiger partial charge in [-0.05, 0) is 38.1 Å². The van der Waals surface area contributed by atoms with Gasteiger partial charge in [-0.25, -0.2) is 26.6 Å². The van der Waals surface area contributed by atoms with Crippen molar-refractivity contribution in [2.24, 2.45) is 0 Å². The summed E-state index contributed by atoms with van der Waals surface area (Å²) in [6.07, 6.45) is 2.98. The Morgan fingerprint density at radius 2 is 1.87 bits per heavy atom. The fourth-order valence-corrected chi connectivity index (χ4v) is 4.60. The Bertz CT molecular complexity index is 1440. The second-order valence-electron chi connectivity index (χ2n) is 6.84. The van der Waals surface area contributed by atoms with E-state index in [1.54, 1.807) is 18.2 Å². The van der Waals surface area contributed by atoms with Crippen molar-refractivity contribution in [2.75, 3.05) is 0 Å². The van der Waals surface area contributed by atoms with Crippen molar-refractivity contribution in [3.63, 3.8) is 0 Å². The van der Waals surface area contributed by atoms with Gasteiger partial charge in [-0.2, -0.15) is 5.10 Å². The van der Waals surface area contributed by atoms with E-state index in [1.807, 2.05) is 0 Å². The van der Waals surface area contributed by atoms with E-state index in [1.165, 1.54) is 38.4 Å². The van der Waals surface area contributed by atoms with Gasteiger partial charge in [0.2, 0.25) is 0 Å². The molecule has 1 N–H and O–H groups in total. The van der Waals surface area contributed by atoms with Crippen molar-refractivity contribution in [1.29, 1.82) is 0 Å². The normalized spacial score (nSPS) is 11.6. The number of hydrogen-bond donors (Lipinski definition) is 1. The lowest BCUT2D eigenvalue weighted by Gasteiger charge is -2.10. The van der Waals surface area contributed by atoms with Crippen molar-refractivity contribution >= 4 is 26.7 Å². The Labute approximate surface area is 176 Å². The van der Waals surface area contributed by atoms with E-state index in [2.05, 4.69) is 14.8 Å². The first-order valence-electron chi connectivity index (χ1n) is 9.10. The number of carbonyl (C=O) groups is 1. The summed E-state index contributed by atoms with van der Waals surface area (Å²) < 4.78 is 56.5. The van der Waals surface area contributed by atoms with Crippen LogP contribution in [0.5, 0.6) is 0 Å². The van der Waals surface area contributed by atoms with E-state index in [4.69, 9.17) is 0 Å². The van der Waals surface area contributed by atoms with E-state index in [-0.39, 0.29) is 27.5 Å². The van der Waals surface area contributed by atoms with Crippen LogP contribution in [0.15, 0.2) is 59.8 Å². The number of sulfonamides is 1. The summed E-state index contributed by atoms with van der Waals surface area (Å²) in [5.41, 5.74) is 0.313. The molecule has 2 aromatic carbocycles. The largest absolute Gasteiger partial charge is 0.268 e. The van der Waals surface area contributed by atoms with Gasteiger partial charge in [-0.15, -0.1) is 0 Å². The molecule has 10 heteroatoms. The van der Waals surface area contributed by atoms with E-state index in [0.29, 0.717) is 16.8 Å². The number of benzene rings is 2. The molecule has 4 aromatic rings. The number of aromatic nitrogens is 3. The first kappa shape index (κ1) is 20.6. The van der Waals surface area contributed by atoms with E-state index >= 15 is 0 Å². The number of nitrogens with one attached hydrogen (secondary N) is 1. The molecule has 158 valence electrons. The molecule has 0 atom stereocenters. The highest BCUT2D eigenvalue weighted by atomic mass is 32.2. The maximum Gasteiger partial charge on any atom is 0.268 e. The van der Waals surface area contributed by atoms with Crippen molar-refractivity contribution in [1.82, 2.24) is 19.5 Å². The first-order valence-corrected chi connectivity index (χ1v) is 10.6. The van der Waals surface area contributed by atoms with Crippen molar-refractivity contribution in [3.05, 3.63) is 83.4 Å². The minimum Gasteiger partial charge on any atom is -0.268 e. The van der Waals surface area contributed by atoms with Crippen LogP contribution in [-0.4, -0.2) is 29.1 Å². The number of aryl methyl sites for hydroxylation is 1. The van der Waals surface area contributed by atoms with Gasteiger partial charge in [-0.1, -0.05) is 12.1 Å². The maximum atomic E-state index is 14.2. The quantitative estimate of drug-likeness (QED) is 0.523. The first-order chi connectivity index (χ1) is 14.7. The number of rotatable bonds is 4. The molecule has 0 saturated heterocycles. The molecule has 0 saturated carbocycles. The van der Waals surface area contributed by atoms with E-state index < -0.39 is 27.6 Å². The highest BCUT2D eigenvalue weighted by Gasteiger charge is 2.26. The molecule has 4 rings (SSSR count). The summed E-state index contributed by atoms with van der Waals surface area (Å²) in [6, 6.07) is 9.13. The van der Waals surface area contributed by atoms with Gasteiger partial charge in [-0.3, -0.25) is 9.78 Å². The minimum absolute atomic E-state index is 0.0193. The fraction of sp³-hybridized carbons (Fsp3) is 0.0952. The maximum absolute atomic E-state index is 14.2. The Kier molecular flexibility index (Phi) is 5.02. The number of amides is 1. The zero-order valence-corrected chi connectivity index (χ0v) is 17.2. The summed E-state index contributed by atoms with van der Waals surface area (Å²) >= 11 is 0. The average Bonchev–Trinajstić information content (AvgIpc) is 3.01. The lowest BCUT2D eigenvalue weighted by atomic mass is 10.2. The van der Waals surface area contributed by atoms with Gasteiger partial charge in [0, 0.05) is 29.2 Å². The standard InChI is InChI=1S/C21H16F2N4O3S/c1-12-20(13(2)27(25-12)18-7-6-15(22)10-17(18)23)21(28)26-31(29,30)19-5-3-4-14-11-24-9-8-16(14)19/h3-11H,1-2H3,(H,26,28). The Morgan fingerprint density at radius 3 is 2.61 bits per heavy atom. The Hall–Kier alpha value is -3.66. The van der Waals surface area contributed by atoms with Crippen LogP contribution in [0.3, 0.4) is 0 Å². The van der Waals surface area contributed by atoms with Crippen molar-refractivity contribution < 1.29 is 22.0 Å². The number of nitrogens with zero attached hydrogens (tertiary/aromatic N) is 3. The number of carbonyl (C=O) groups excluding carboxylic acids is 1. The summed E-state index contributed by atoms with van der Waals surface area (Å²) in [5, 5.41) is 5.15. The topological polar surface area (TPSA) is 94.0 Å². The monoisotopic (exact) mass is 442 g/mol. The van der Waals surface area contributed by atoms with Gasteiger partial charge in [0.25, 0.3) is 15.9 Å². The third-order valence-corrected chi connectivity index (χ3v) is 6.20. The molecule has 31 heavy (non-hydrogen) atoms. The van der Waals surface area contributed by atoms with Crippen LogP contribution < -0.4 is 4.72 Å². The Morgan fingerprint density at radius 1 is 1.10 bits per heavy atom. The predicted molar refractivity (Wildman–Crippen MR) is 109 cm³/mol. The molecule has 0 fully saturated rings. The van der Waals surface area contributed by atoms with Crippen molar-refractivity contribution in [2.45, 2.75) is 18.7 Å². The van der Waals surface area contributed by atoms with Crippen LogP contribution in [0.25, 0.3) is 16.5 Å². The van der Waals surface area contributed by atoms with Crippen LogP contribution in [0, 0.1) is 25.5 Å². The second kappa shape index (κ2) is 7.55. The molecule has 1 amide bonds. The molecule has 0 radical (unpaired) electrons. The third-order valence-electron chi connectivity index (χ3n) is 4.81. The molecule has 0 unspecified atom stereocenters. The highest BCUT2D eigenvalue weighted by molar-refractivity contribution is 7.90. The van der Waals surface area contributed by atoms with Gasteiger partial charge in [0.1, 0.15) is 11.5 Å². The summed E-state index contributed by atoms with van der Waals surface area (Å²) in [7, 11) is -4.22. The summed E-state index contributed by atoms with van der Waals surface area (Å²) in [5.74, 6) is -2.53. The molecular formula is C21H16F2N4O3S. The smallest absolute Gasteiger partial charge is 0.268 e. The average molecular weight is 442 g/mol. The van der Waals surface area contributed by atoms with Gasteiger partial charge < -0.3 is 0 Å². The number of halogens is 2. The van der Waals surface area contributed by atoms with Crippen LogP contribution >= 0.6 is 0 Å². The lowest BCUT2D eigenvalue weighted by Crippen LogP contribution is -2.31.